The Hall–Kier alpha value is -3.17. The first-order chi connectivity index (χ1) is 12.0. The predicted molar refractivity (Wildman–Crippen MR) is 80.9 cm³/mol. The lowest BCUT2D eigenvalue weighted by molar-refractivity contribution is -0.138. The third kappa shape index (κ3) is 3.90. The SMILES string of the molecule is CC1=C(OC(=O)O)C(c2ccccc2C(F)(F)F)C(OC(=O)O)=C(C)N1. The number of benzene rings is 1. The van der Waals surface area contributed by atoms with Gasteiger partial charge < -0.3 is 25.0 Å². The molecule has 0 saturated heterocycles. The lowest BCUT2D eigenvalue weighted by Gasteiger charge is -2.30. The molecule has 0 amide bonds. The number of carboxylic acid groups (broad SMARTS) is 2. The predicted octanol–water partition coefficient (Wildman–Crippen LogP) is 4.24. The van der Waals surface area contributed by atoms with Gasteiger partial charge in [0, 0.05) is 0 Å². The largest absolute Gasteiger partial charge is 0.511 e. The summed E-state index contributed by atoms with van der Waals surface area (Å²) < 4.78 is 49.6. The summed E-state index contributed by atoms with van der Waals surface area (Å²) in [6, 6.07) is 4.39. The molecule has 140 valence electrons. The second kappa shape index (κ2) is 6.98. The van der Waals surface area contributed by atoms with Crippen molar-refractivity contribution in [3.8, 4) is 0 Å². The van der Waals surface area contributed by atoms with Gasteiger partial charge in [-0.05, 0) is 25.5 Å². The van der Waals surface area contributed by atoms with Crippen LogP contribution in [-0.2, 0) is 15.7 Å². The molecule has 0 aromatic heterocycles. The van der Waals surface area contributed by atoms with Gasteiger partial charge in [0.15, 0.2) is 0 Å². The first-order valence-electron chi connectivity index (χ1n) is 7.18. The van der Waals surface area contributed by atoms with E-state index in [9.17, 15) is 22.8 Å². The summed E-state index contributed by atoms with van der Waals surface area (Å²) >= 11 is 0. The van der Waals surface area contributed by atoms with Crippen molar-refractivity contribution in [2.75, 3.05) is 0 Å². The van der Waals surface area contributed by atoms with Crippen molar-refractivity contribution in [2.45, 2.75) is 25.9 Å². The zero-order valence-electron chi connectivity index (χ0n) is 13.5. The molecule has 0 atom stereocenters. The third-order valence-electron chi connectivity index (χ3n) is 3.61. The minimum absolute atomic E-state index is 0.115. The number of dihydropyridines is 1. The molecule has 1 aliphatic rings. The summed E-state index contributed by atoms with van der Waals surface area (Å²) in [4.78, 5) is 22.0. The number of ether oxygens (including phenoxy) is 2. The van der Waals surface area contributed by atoms with Gasteiger partial charge in [0.25, 0.3) is 0 Å². The van der Waals surface area contributed by atoms with Crippen LogP contribution in [0.25, 0.3) is 0 Å². The van der Waals surface area contributed by atoms with Gasteiger partial charge in [0.1, 0.15) is 17.4 Å². The molecule has 1 aromatic rings. The van der Waals surface area contributed by atoms with E-state index in [2.05, 4.69) is 14.8 Å². The number of rotatable bonds is 3. The highest BCUT2D eigenvalue weighted by Gasteiger charge is 2.41. The summed E-state index contributed by atoms with van der Waals surface area (Å²) in [5.41, 5.74) is -1.23. The molecular formula is C16H14F3NO6. The average Bonchev–Trinajstić information content (AvgIpc) is 2.50. The molecule has 0 unspecified atom stereocenters. The second-order valence-corrected chi connectivity index (χ2v) is 5.36. The Kier molecular flexibility index (Phi) is 5.15. The normalized spacial score (nSPS) is 15.6. The van der Waals surface area contributed by atoms with Crippen LogP contribution in [0.5, 0.6) is 0 Å². The van der Waals surface area contributed by atoms with Crippen LogP contribution >= 0.6 is 0 Å². The first-order valence-corrected chi connectivity index (χ1v) is 7.18. The fourth-order valence-electron chi connectivity index (χ4n) is 2.70. The fourth-order valence-corrected chi connectivity index (χ4v) is 2.70. The van der Waals surface area contributed by atoms with E-state index in [1.54, 1.807) is 0 Å². The van der Waals surface area contributed by atoms with Gasteiger partial charge in [-0.2, -0.15) is 13.2 Å². The maximum Gasteiger partial charge on any atom is 0.511 e. The molecule has 0 spiro atoms. The van der Waals surface area contributed by atoms with Crippen molar-refractivity contribution in [1.82, 2.24) is 5.32 Å². The summed E-state index contributed by atoms with van der Waals surface area (Å²) in [5, 5.41) is 20.5. The number of nitrogens with one attached hydrogen (secondary N) is 1. The third-order valence-corrected chi connectivity index (χ3v) is 3.61. The Morgan fingerprint density at radius 2 is 1.46 bits per heavy atom. The van der Waals surface area contributed by atoms with E-state index in [0.717, 1.165) is 18.2 Å². The monoisotopic (exact) mass is 373 g/mol. The number of halogens is 3. The zero-order chi connectivity index (χ0) is 19.6. The van der Waals surface area contributed by atoms with Crippen LogP contribution in [0.1, 0.15) is 30.9 Å². The molecule has 0 fully saturated rings. The highest BCUT2D eigenvalue weighted by molar-refractivity contribution is 5.63. The minimum Gasteiger partial charge on any atom is -0.449 e. The lowest BCUT2D eigenvalue weighted by Crippen LogP contribution is -2.29. The quantitative estimate of drug-likeness (QED) is 0.681. The number of hydrogen-bond donors (Lipinski definition) is 3. The van der Waals surface area contributed by atoms with Gasteiger partial charge in [0.2, 0.25) is 0 Å². The van der Waals surface area contributed by atoms with E-state index < -0.39 is 47.1 Å². The summed E-state index contributed by atoms with van der Waals surface area (Å²) in [6.45, 7) is 2.78. The maximum atomic E-state index is 13.4. The molecule has 7 nitrogen and oxygen atoms in total. The number of alkyl halides is 3. The van der Waals surface area contributed by atoms with Crippen molar-refractivity contribution in [1.29, 1.82) is 0 Å². The van der Waals surface area contributed by atoms with Gasteiger partial charge in [-0.1, -0.05) is 18.2 Å². The van der Waals surface area contributed by atoms with Gasteiger partial charge in [0.05, 0.1) is 17.0 Å². The van der Waals surface area contributed by atoms with Crippen LogP contribution in [0, 0.1) is 0 Å². The van der Waals surface area contributed by atoms with Gasteiger partial charge >= 0.3 is 18.5 Å². The molecule has 0 aliphatic carbocycles. The molecule has 0 radical (unpaired) electrons. The summed E-state index contributed by atoms with van der Waals surface area (Å²) in [6.07, 6.45) is -8.28. The standard InChI is InChI=1S/C16H14F3NO6/c1-7-12(25-14(21)22)11(13(8(2)20-7)26-15(23)24)9-5-3-4-6-10(9)16(17,18)19/h3-6,11,20H,1-2H3,(H,21,22)(H,23,24). The van der Waals surface area contributed by atoms with Crippen molar-refractivity contribution < 1.29 is 42.4 Å². The molecule has 26 heavy (non-hydrogen) atoms. The molecule has 1 aliphatic heterocycles. The Bertz CT molecular complexity index is 774. The summed E-state index contributed by atoms with van der Waals surface area (Å²) in [5.74, 6) is -2.33. The highest BCUT2D eigenvalue weighted by Crippen LogP contribution is 2.44. The molecule has 3 N–H and O–H groups in total. The maximum absolute atomic E-state index is 13.4. The van der Waals surface area contributed by atoms with Crippen molar-refractivity contribution >= 4 is 12.3 Å². The minimum atomic E-state index is -4.76. The smallest absolute Gasteiger partial charge is 0.449 e. The Morgan fingerprint density at radius 1 is 1.00 bits per heavy atom. The van der Waals surface area contributed by atoms with E-state index in [0.29, 0.717) is 0 Å². The van der Waals surface area contributed by atoms with E-state index in [1.165, 1.54) is 19.9 Å². The van der Waals surface area contributed by atoms with Gasteiger partial charge in [-0.3, -0.25) is 0 Å². The van der Waals surface area contributed by atoms with Crippen LogP contribution in [0.3, 0.4) is 0 Å². The van der Waals surface area contributed by atoms with Crippen LogP contribution in [0.15, 0.2) is 47.2 Å². The second-order valence-electron chi connectivity index (χ2n) is 5.36. The number of allylic oxidation sites excluding steroid dienone is 2. The molecule has 1 aromatic carbocycles. The van der Waals surface area contributed by atoms with E-state index >= 15 is 0 Å². The van der Waals surface area contributed by atoms with Crippen LogP contribution in [-0.4, -0.2) is 22.5 Å². The highest BCUT2D eigenvalue weighted by atomic mass is 19.4. The zero-order valence-corrected chi connectivity index (χ0v) is 13.5. The van der Waals surface area contributed by atoms with Crippen LogP contribution < -0.4 is 5.32 Å². The Morgan fingerprint density at radius 3 is 1.88 bits per heavy atom. The molecule has 0 bridgehead atoms. The molecule has 2 rings (SSSR count). The van der Waals surface area contributed by atoms with Gasteiger partial charge in [-0.25, -0.2) is 9.59 Å². The van der Waals surface area contributed by atoms with E-state index in [4.69, 9.17) is 10.2 Å². The fraction of sp³-hybridized carbons (Fsp3) is 0.250. The van der Waals surface area contributed by atoms with Gasteiger partial charge in [-0.15, -0.1) is 0 Å². The molecule has 0 saturated carbocycles. The van der Waals surface area contributed by atoms with Crippen molar-refractivity contribution in [3.05, 3.63) is 58.3 Å². The Labute approximate surface area is 145 Å². The van der Waals surface area contributed by atoms with Crippen molar-refractivity contribution in [2.24, 2.45) is 0 Å². The number of carbonyl (C=O) groups is 2. The Balaban J connectivity index is 2.73. The average molecular weight is 373 g/mol. The molecule has 1 heterocycles. The van der Waals surface area contributed by atoms with E-state index in [1.807, 2.05) is 0 Å². The van der Waals surface area contributed by atoms with Crippen LogP contribution in [0.2, 0.25) is 0 Å². The molecule has 10 heteroatoms. The topological polar surface area (TPSA) is 105 Å². The van der Waals surface area contributed by atoms with E-state index in [-0.39, 0.29) is 11.4 Å². The van der Waals surface area contributed by atoms with Crippen molar-refractivity contribution in [3.63, 3.8) is 0 Å². The molecular weight excluding hydrogens is 359 g/mol. The lowest BCUT2D eigenvalue weighted by atomic mass is 9.87. The van der Waals surface area contributed by atoms with Crippen LogP contribution in [0.4, 0.5) is 22.8 Å². The number of hydrogen-bond acceptors (Lipinski definition) is 5. The first kappa shape index (κ1) is 19.2. The summed E-state index contributed by atoms with van der Waals surface area (Å²) in [7, 11) is 0.